The van der Waals surface area contributed by atoms with Crippen molar-refractivity contribution in [2.75, 3.05) is 20.6 Å². The van der Waals surface area contributed by atoms with Gasteiger partial charge in [0, 0.05) is 12.6 Å². The average Bonchev–Trinajstić information content (AvgIpc) is 2.28. The minimum Gasteiger partial charge on any atom is -0.350 e. The molecular formula is C13H19FN2O. The second-order valence-corrected chi connectivity index (χ2v) is 4.51. The van der Waals surface area contributed by atoms with Crippen LogP contribution in [0, 0.1) is 12.7 Å². The number of nitrogens with zero attached hydrogens (tertiary/aromatic N) is 1. The fourth-order valence-electron chi connectivity index (χ4n) is 1.33. The van der Waals surface area contributed by atoms with E-state index in [0.717, 1.165) is 5.56 Å². The second kappa shape index (κ2) is 5.77. The molecule has 0 fully saturated rings. The summed E-state index contributed by atoms with van der Waals surface area (Å²) in [5.41, 5.74) is 0.980. The number of benzene rings is 1. The van der Waals surface area contributed by atoms with Crippen LogP contribution in [0.3, 0.4) is 0 Å². The van der Waals surface area contributed by atoms with Gasteiger partial charge in [-0.1, -0.05) is 11.6 Å². The molecule has 0 aromatic heterocycles. The molecule has 1 rings (SSSR count). The molecule has 0 heterocycles. The highest BCUT2D eigenvalue weighted by Crippen LogP contribution is 2.09. The molecule has 4 heteroatoms. The van der Waals surface area contributed by atoms with Gasteiger partial charge in [-0.3, -0.25) is 4.79 Å². The number of carbonyl (C=O) groups excluding carboxylic acids is 1. The van der Waals surface area contributed by atoms with Crippen LogP contribution in [0.1, 0.15) is 22.8 Å². The van der Waals surface area contributed by atoms with Crippen molar-refractivity contribution >= 4 is 5.91 Å². The highest BCUT2D eigenvalue weighted by atomic mass is 19.1. The first kappa shape index (κ1) is 13.6. The fraction of sp³-hybridized carbons (Fsp3) is 0.462. The van der Waals surface area contributed by atoms with Crippen LogP contribution in [-0.2, 0) is 0 Å². The summed E-state index contributed by atoms with van der Waals surface area (Å²) >= 11 is 0. The number of nitrogens with one attached hydrogen (secondary N) is 1. The first-order valence-electron chi connectivity index (χ1n) is 5.62. The fourth-order valence-corrected chi connectivity index (χ4v) is 1.33. The summed E-state index contributed by atoms with van der Waals surface area (Å²) in [6.07, 6.45) is 0. The van der Waals surface area contributed by atoms with Gasteiger partial charge in [-0.2, -0.15) is 0 Å². The van der Waals surface area contributed by atoms with Gasteiger partial charge in [-0.25, -0.2) is 4.39 Å². The Balaban J connectivity index is 2.67. The van der Waals surface area contributed by atoms with Crippen LogP contribution in [0.5, 0.6) is 0 Å². The maximum atomic E-state index is 13.4. The van der Waals surface area contributed by atoms with E-state index in [2.05, 4.69) is 5.32 Å². The number of amides is 1. The van der Waals surface area contributed by atoms with E-state index in [0.29, 0.717) is 6.54 Å². The summed E-state index contributed by atoms with van der Waals surface area (Å²) in [6, 6.07) is 4.74. The van der Waals surface area contributed by atoms with Crippen molar-refractivity contribution in [1.29, 1.82) is 0 Å². The molecule has 0 bridgehead atoms. The third-order valence-corrected chi connectivity index (χ3v) is 2.81. The van der Waals surface area contributed by atoms with Gasteiger partial charge in [0.15, 0.2) is 0 Å². The molecule has 1 aromatic carbocycles. The lowest BCUT2D eigenvalue weighted by atomic mass is 10.1. The number of likely N-dealkylation sites (N-methyl/N-ethyl adjacent to an activating group) is 1. The van der Waals surface area contributed by atoms with Gasteiger partial charge < -0.3 is 10.2 Å². The monoisotopic (exact) mass is 238 g/mol. The number of halogens is 1. The zero-order valence-electron chi connectivity index (χ0n) is 10.7. The molecule has 0 radical (unpaired) electrons. The summed E-state index contributed by atoms with van der Waals surface area (Å²) in [4.78, 5) is 13.8. The molecule has 1 aromatic rings. The first-order valence-corrected chi connectivity index (χ1v) is 5.62. The minimum absolute atomic E-state index is 0.107. The molecule has 1 unspecified atom stereocenters. The topological polar surface area (TPSA) is 32.3 Å². The predicted octanol–water partition coefficient (Wildman–Crippen LogP) is 1.81. The average molecular weight is 238 g/mol. The summed E-state index contributed by atoms with van der Waals surface area (Å²) < 4.78 is 13.4. The van der Waals surface area contributed by atoms with Gasteiger partial charge in [0.05, 0.1) is 5.56 Å². The van der Waals surface area contributed by atoms with Crippen LogP contribution >= 0.6 is 0 Å². The van der Waals surface area contributed by atoms with E-state index in [9.17, 15) is 9.18 Å². The van der Waals surface area contributed by atoms with E-state index >= 15 is 0 Å². The van der Waals surface area contributed by atoms with Gasteiger partial charge in [-0.05, 0) is 40.1 Å². The molecule has 0 aliphatic heterocycles. The Kier molecular flexibility index (Phi) is 4.63. The van der Waals surface area contributed by atoms with Gasteiger partial charge in [-0.15, -0.1) is 0 Å². The maximum absolute atomic E-state index is 13.4. The van der Waals surface area contributed by atoms with Crippen LogP contribution in [0.25, 0.3) is 0 Å². The minimum atomic E-state index is -0.481. The van der Waals surface area contributed by atoms with Crippen LogP contribution < -0.4 is 5.32 Å². The lowest BCUT2D eigenvalue weighted by Crippen LogP contribution is -2.38. The number of aryl methyl sites for hydroxylation is 1. The number of carbonyl (C=O) groups is 1. The number of rotatable bonds is 4. The smallest absolute Gasteiger partial charge is 0.254 e. The SMILES string of the molecule is Cc1ccc(F)c(C(=O)NCC(C)N(C)C)c1. The van der Waals surface area contributed by atoms with E-state index < -0.39 is 5.82 Å². The zero-order chi connectivity index (χ0) is 13.0. The molecule has 3 nitrogen and oxygen atoms in total. The zero-order valence-corrected chi connectivity index (χ0v) is 10.7. The van der Waals surface area contributed by atoms with Crippen LogP contribution in [0.2, 0.25) is 0 Å². The Morgan fingerprint density at radius 3 is 2.71 bits per heavy atom. The highest BCUT2D eigenvalue weighted by Gasteiger charge is 2.13. The van der Waals surface area contributed by atoms with Gasteiger partial charge in [0.1, 0.15) is 5.82 Å². The lowest BCUT2D eigenvalue weighted by Gasteiger charge is -2.20. The molecule has 0 aliphatic carbocycles. The quantitative estimate of drug-likeness (QED) is 0.867. The molecule has 1 N–H and O–H groups in total. The molecule has 0 spiro atoms. The Hall–Kier alpha value is -1.42. The standard InChI is InChI=1S/C13H19FN2O/c1-9-5-6-12(14)11(7-9)13(17)15-8-10(2)16(3)4/h5-7,10H,8H2,1-4H3,(H,15,17). The molecule has 94 valence electrons. The molecular weight excluding hydrogens is 219 g/mol. The van der Waals surface area contributed by atoms with Crippen LogP contribution in [-0.4, -0.2) is 37.5 Å². The van der Waals surface area contributed by atoms with Crippen molar-refractivity contribution in [3.63, 3.8) is 0 Å². The predicted molar refractivity (Wildman–Crippen MR) is 66.6 cm³/mol. The summed E-state index contributed by atoms with van der Waals surface area (Å²) in [5.74, 6) is -0.842. The number of hydrogen-bond acceptors (Lipinski definition) is 2. The van der Waals surface area contributed by atoms with E-state index in [4.69, 9.17) is 0 Å². The molecule has 1 atom stereocenters. The van der Waals surface area contributed by atoms with Gasteiger partial charge in [0.25, 0.3) is 5.91 Å². The third kappa shape index (κ3) is 3.82. The van der Waals surface area contributed by atoms with Crippen molar-refractivity contribution in [3.05, 3.63) is 35.1 Å². The summed E-state index contributed by atoms with van der Waals surface area (Å²) in [7, 11) is 3.87. The third-order valence-electron chi connectivity index (χ3n) is 2.81. The first-order chi connectivity index (χ1) is 7.91. The van der Waals surface area contributed by atoms with Crippen molar-refractivity contribution in [3.8, 4) is 0 Å². The van der Waals surface area contributed by atoms with E-state index in [1.807, 2.05) is 32.8 Å². The summed E-state index contributed by atoms with van der Waals surface area (Å²) in [5, 5.41) is 2.73. The Labute approximate surface area is 102 Å². The molecule has 0 saturated carbocycles. The van der Waals surface area contributed by atoms with Gasteiger partial charge in [0.2, 0.25) is 0 Å². The largest absolute Gasteiger partial charge is 0.350 e. The highest BCUT2D eigenvalue weighted by molar-refractivity contribution is 5.94. The van der Waals surface area contributed by atoms with Crippen molar-refractivity contribution in [1.82, 2.24) is 10.2 Å². The lowest BCUT2D eigenvalue weighted by molar-refractivity contribution is 0.0939. The maximum Gasteiger partial charge on any atom is 0.254 e. The van der Waals surface area contributed by atoms with Crippen LogP contribution in [0.4, 0.5) is 4.39 Å². The summed E-state index contributed by atoms with van der Waals surface area (Å²) in [6.45, 7) is 4.32. The number of hydrogen-bond donors (Lipinski definition) is 1. The Morgan fingerprint density at radius 2 is 2.12 bits per heavy atom. The van der Waals surface area contributed by atoms with E-state index in [-0.39, 0.29) is 17.5 Å². The molecule has 0 saturated heterocycles. The molecule has 0 aliphatic rings. The van der Waals surface area contributed by atoms with Crippen molar-refractivity contribution in [2.24, 2.45) is 0 Å². The van der Waals surface area contributed by atoms with Crippen molar-refractivity contribution < 1.29 is 9.18 Å². The Morgan fingerprint density at radius 1 is 1.47 bits per heavy atom. The molecule has 1 amide bonds. The molecule has 17 heavy (non-hydrogen) atoms. The van der Waals surface area contributed by atoms with Crippen LogP contribution in [0.15, 0.2) is 18.2 Å². The van der Waals surface area contributed by atoms with E-state index in [1.165, 1.54) is 6.07 Å². The normalized spacial score (nSPS) is 12.6. The Bertz CT molecular complexity index is 404. The second-order valence-electron chi connectivity index (χ2n) is 4.51. The van der Waals surface area contributed by atoms with E-state index in [1.54, 1.807) is 12.1 Å². The van der Waals surface area contributed by atoms with Gasteiger partial charge >= 0.3 is 0 Å². The van der Waals surface area contributed by atoms with Crippen molar-refractivity contribution in [2.45, 2.75) is 19.9 Å².